The highest BCUT2D eigenvalue weighted by molar-refractivity contribution is 8.00. The van der Waals surface area contributed by atoms with Gasteiger partial charge in [0.05, 0.1) is 21.6 Å². The fraction of sp³-hybridized carbons (Fsp3) is 0.316. The summed E-state index contributed by atoms with van der Waals surface area (Å²) in [6.07, 6.45) is 1.38. The lowest BCUT2D eigenvalue weighted by atomic mass is 10.1. The summed E-state index contributed by atoms with van der Waals surface area (Å²) in [5.74, 6) is -0.169. The highest BCUT2D eigenvalue weighted by Crippen LogP contribution is 2.36. The fourth-order valence-electron chi connectivity index (χ4n) is 3.30. The first-order valence-corrected chi connectivity index (χ1v) is 9.20. The maximum absolute atomic E-state index is 12.1. The highest BCUT2D eigenvalue weighted by Gasteiger charge is 2.33. The standard InChI is InChI=1S/C19H17N3O2S/c1-3-12-9-17(25-16-8-11(2)24-19(16)23)22-15-7-5-4-6-14(15)21-18(22)13(12)10-20/h4-7,9,11,16H,3,8H2,1-2H3/t11-,16+/m1/s1. The van der Waals surface area contributed by atoms with Crippen LogP contribution in [0.15, 0.2) is 35.4 Å². The molecule has 4 rings (SSSR count). The van der Waals surface area contributed by atoms with Crippen LogP contribution in [0.3, 0.4) is 0 Å². The minimum absolute atomic E-state index is 0.0518. The van der Waals surface area contributed by atoms with Crippen molar-refractivity contribution in [1.82, 2.24) is 9.38 Å². The fourth-order valence-corrected chi connectivity index (χ4v) is 4.61. The third kappa shape index (κ3) is 2.56. The number of aryl methyl sites for hydroxylation is 1. The van der Waals surface area contributed by atoms with Crippen molar-refractivity contribution >= 4 is 34.4 Å². The van der Waals surface area contributed by atoms with Crippen LogP contribution in [-0.2, 0) is 16.0 Å². The summed E-state index contributed by atoms with van der Waals surface area (Å²) in [5, 5.41) is 10.3. The molecule has 2 aromatic heterocycles. The van der Waals surface area contributed by atoms with E-state index in [1.807, 2.05) is 48.6 Å². The van der Waals surface area contributed by atoms with E-state index in [2.05, 4.69) is 11.1 Å². The number of benzene rings is 1. The minimum Gasteiger partial charge on any atom is -0.462 e. The van der Waals surface area contributed by atoms with Crippen LogP contribution in [-0.4, -0.2) is 26.7 Å². The monoisotopic (exact) mass is 351 g/mol. The number of aromatic nitrogens is 2. The molecule has 2 atom stereocenters. The first-order valence-electron chi connectivity index (χ1n) is 8.32. The molecule has 3 aromatic rings. The molecule has 1 aliphatic rings. The van der Waals surface area contributed by atoms with Gasteiger partial charge in [0.15, 0.2) is 5.65 Å². The maximum Gasteiger partial charge on any atom is 0.319 e. The van der Waals surface area contributed by atoms with E-state index in [1.165, 1.54) is 11.8 Å². The van der Waals surface area contributed by atoms with Crippen LogP contribution in [0.5, 0.6) is 0 Å². The quantitative estimate of drug-likeness (QED) is 0.673. The Morgan fingerprint density at radius 3 is 2.92 bits per heavy atom. The van der Waals surface area contributed by atoms with E-state index in [0.29, 0.717) is 17.6 Å². The van der Waals surface area contributed by atoms with E-state index in [9.17, 15) is 10.1 Å². The normalized spacial score (nSPS) is 20.1. The van der Waals surface area contributed by atoms with Crippen molar-refractivity contribution < 1.29 is 9.53 Å². The summed E-state index contributed by atoms with van der Waals surface area (Å²) < 4.78 is 7.29. The number of hydrogen-bond acceptors (Lipinski definition) is 5. The van der Waals surface area contributed by atoms with Crippen molar-refractivity contribution in [1.29, 1.82) is 5.26 Å². The molecule has 0 saturated carbocycles. The largest absolute Gasteiger partial charge is 0.462 e. The third-order valence-corrected chi connectivity index (χ3v) is 5.72. The molecule has 1 saturated heterocycles. The molecule has 0 radical (unpaired) electrons. The lowest BCUT2D eigenvalue weighted by Crippen LogP contribution is -2.11. The van der Waals surface area contributed by atoms with E-state index >= 15 is 0 Å². The molecule has 1 aliphatic heterocycles. The predicted molar refractivity (Wildman–Crippen MR) is 96.6 cm³/mol. The molecule has 0 spiro atoms. The second kappa shape index (κ2) is 6.08. The first-order chi connectivity index (χ1) is 12.1. The van der Waals surface area contributed by atoms with Gasteiger partial charge in [-0.1, -0.05) is 30.8 Å². The van der Waals surface area contributed by atoms with Crippen LogP contribution >= 0.6 is 11.8 Å². The summed E-state index contributed by atoms with van der Waals surface area (Å²) >= 11 is 1.50. The molecule has 25 heavy (non-hydrogen) atoms. The van der Waals surface area contributed by atoms with Crippen molar-refractivity contribution in [2.75, 3.05) is 0 Å². The van der Waals surface area contributed by atoms with Gasteiger partial charge in [-0.2, -0.15) is 5.26 Å². The van der Waals surface area contributed by atoms with Crippen molar-refractivity contribution in [2.24, 2.45) is 0 Å². The van der Waals surface area contributed by atoms with Gasteiger partial charge in [0.25, 0.3) is 0 Å². The Morgan fingerprint density at radius 2 is 2.24 bits per heavy atom. The van der Waals surface area contributed by atoms with Gasteiger partial charge in [0.2, 0.25) is 0 Å². The van der Waals surface area contributed by atoms with E-state index in [4.69, 9.17) is 4.74 Å². The molecule has 5 nitrogen and oxygen atoms in total. The van der Waals surface area contributed by atoms with Crippen LogP contribution in [0.2, 0.25) is 0 Å². The van der Waals surface area contributed by atoms with Gasteiger partial charge < -0.3 is 4.74 Å². The van der Waals surface area contributed by atoms with Crippen LogP contribution in [0, 0.1) is 11.3 Å². The molecule has 0 N–H and O–H groups in total. The zero-order valence-corrected chi connectivity index (χ0v) is 14.8. The Balaban J connectivity index is 1.96. The lowest BCUT2D eigenvalue weighted by Gasteiger charge is -2.12. The maximum atomic E-state index is 12.1. The third-order valence-electron chi connectivity index (χ3n) is 4.51. The Kier molecular flexibility index (Phi) is 3.89. The van der Waals surface area contributed by atoms with E-state index in [0.717, 1.165) is 28.0 Å². The molecular weight excluding hydrogens is 334 g/mol. The number of thioether (sulfide) groups is 1. The number of pyridine rings is 1. The number of rotatable bonds is 3. The average Bonchev–Trinajstić information content (AvgIpc) is 3.14. The van der Waals surface area contributed by atoms with E-state index in [-0.39, 0.29) is 17.3 Å². The zero-order valence-electron chi connectivity index (χ0n) is 14.0. The topological polar surface area (TPSA) is 67.4 Å². The second-order valence-electron chi connectivity index (χ2n) is 6.20. The number of cyclic esters (lactones) is 1. The molecule has 0 aliphatic carbocycles. The molecule has 3 heterocycles. The zero-order chi connectivity index (χ0) is 17.6. The predicted octanol–water partition coefficient (Wildman–Crippen LogP) is 3.72. The Morgan fingerprint density at radius 1 is 1.44 bits per heavy atom. The molecule has 0 bridgehead atoms. The van der Waals surface area contributed by atoms with Crippen LogP contribution in [0.4, 0.5) is 0 Å². The molecule has 6 heteroatoms. The van der Waals surface area contributed by atoms with Gasteiger partial charge in [-0.3, -0.25) is 9.20 Å². The molecule has 1 aromatic carbocycles. The molecule has 0 amide bonds. The number of nitriles is 1. The highest BCUT2D eigenvalue weighted by atomic mass is 32.2. The number of para-hydroxylation sites is 2. The molecule has 126 valence electrons. The number of fused-ring (bicyclic) bond motifs is 3. The Labute approximate surface area is 149 Å². The average molecular weight is 351 g/mol. The Hall–Kier alpha value is -2.52. The van der Waals surface area contributed by atoms with Gasteiger partial charge in [0.1, 0.15) is 17.4 Å². The van der Waals surface area contributed by atoms with Crippen LogP contribution < -0.4 is 0 Å². The van der Waals surface area contributed by atoms with E-state index in [1.54, 1.807) is 0 Å². The van der Waals surface area contributed by atoms with Crippen molar-refractivity contribution in [3.8, 4) is 6.07 Å². The molecular formula is C19H17N3O2S. The van der Waals surface area contributed by atoms with Crippen molar-refractivity contribution in [3.05, 3.63) is 41.5 Å². The number of hydrogen-bond donors (Lipinski definition) is 0. The summed E-state index contributed by atoms with van der Waals surface area (Å²) in [5.41, 5.74) is 4.00. The van der Waals surface area contributed by atoms with Gasteiger partial charge in [-0.25, -0.2) is 4.98 Å². The van der Waals surface area contributed by atoms with Crippen molar-refractivity contribution in [3.63, 3.8) is 0 Å². The Bertz CT molecular complexity index is 1030. The summed E-state index contributed by atoms with van der Waals surface area (Å²) in [6, 6.07) is 12.1. The smallest absolute Gasteiger partial charge is 0.319 e. The van der Waals surface area contributed by atoms with Crippen LogP contribution in [0.1, 0.15) is 31.4 Å². The van der Waals surface area contributed by atoms with Gasteiger partial charge in [0, 0.05) is 6.42 Å². The van der Waals surface area contributed by atoms with Gasteiger partial charge >= 0.3 is 5.97 Å². The number of ether oxygens (including phenoxy) is 1. The van der Waals surface area contributed by atoms with Crippen molar-refractivity contribution in [2.45, 2.75) is 43.1 Å². The summed E-state index contributed by atoms with van der Waals surface area (Å²) in [4.78, 5) is 16.8. The number of carbonyl (C=O) groups excluding carboxylic acids is 1. The van der Waals surface area contributed by atoms with Crippen LogP contribution in [0.25, 0.3) is 16.7 Å². The molecule has 1 fully saturated rings. The number of carbonyl (C=O) groups is 1. The summed E-state index contributed by atoms with van der Waals surface area (Å²) in [7, 11) is 0. The SMILES string of the molecule is CCc1cc(S[C@H]2C[C@@H](C)OC2=O)n2c(nc3ccccc32)c1C#N. The number of imidazole rings is 1. The first kappa shape index (κ1) is 16.0. The molecule has 0 unspecified atom stereocenters. The lowest BCUT2D eigenvalue weighted by molar-refractivity contribution is -0.140. The summed E-state index contributed by atoms with van der Waals surface area (Å²) in [6.45, 7) is 3.94. The van der Waals surface area contributed by atoms with Gasteiger partial charge in [-0.15, -0.1) is 0 Å². The number of nitrogens with zero attached hydrogens (tertiary/aromatic N) is 3. The second-order valence-corrected chi connectivity index (χ2v) is 7.42. The van der Waals surface area contributed by atoms with E-state index < -0.39 is 0 Å². The van der Waals surface area contributed by atoms with Gasteiger partial charge in [-0.05, 0) is 37.1 Å². The number of esters is 1. The minimum atomic E-state index is -0.225.